The molecule has 0 heterocycles. The van der Waals surface area contributed by atoms with Crippen LogP contribution in [0.1, 0.15) is 13.8 Å². The third-order valence-corrected chi connectivity index (χ3v) is 1.07. The Morgan fingerprint density at radius 2 is 1.89 bits per heavy atom. The molecule has 0 aromatic carbocycles. The molecule has 0 amide bonds. The number of ether oxygens (including phenoxy) is 1. The zero-order valence-electron chi connectivity index (χ0n) is 5.37. The lowest BCUT2D eigenvalue weighted by Gasteiger charge is -2.10. The Morgan fingerprint density at radius 1 is 1.44 bits per heavy atom. The SMILES string of the molecule is CC(O)OC(=S)C(C)O. The summed E-state index contributed by atoms with van der Waals surface area (Å²) in [5.74, 6) is 0. The summed E-state index contributed by atoms with van der Waals surface area (Å²) in [5, 5.41) is 17.3. The molecule has 3 nitrogen and oxygen atoms in total. The Hall–Kier alpha value is -0.190. The first-order valence-electron chi connectivity index (χ1n) is 2.60. The van der Waals surface area contributed by atoms with Gasteiger partial charge in [0.05, 0.1) is 0 Å². The van der Waals surface area contributed by atoms with Crippen molar-refractivity contribution >= 4 is 17.3 Å². The number of rotatable bonds is 2. The second-order valence-electron chi connectivity index (χ2n) is 1.71. The van der Waals surface area contributed by atoms with E-state index in [2.05, 4.69) is 17.0 Å². The van der Waals surface area contributed by atoms with Crippen molar-refractivity contribution < 1.29 is 14.9 Å². The highest BCUT2D eigenvalue weighted by Gasteiger charge is 2.06. The molecule has 2 atom stereocenters. The Morgan fingerprint density at radius 3 is 2.00 bits per heavy atom. The summed E-state index contributed by atoms with van der Waals surface area (Å²) in [4.78, 5) is 0. The fourth-order valence-electron chi connectivity index (χ4n) is 0.267. The highest BCUT2D eigenvalue weighted by molar-refractivity contribution is 7.80. The summed E-state index contributed by atoms with van der Waals surface area (Å²) < 4.78 is 4.55. The predicted octanol–water partition coefficient (Wildman–Crippen LogP) is 0.0495. The second kappa shape index (κ2) is 3.76. The summed E-state index contributed by atoms with van der Waals surface area (Å²) in [7, 11) is 0. The standard InChI is InChI=1S/C5H10O3S/c1-3(6)5(9)8-4(2)7/h3-4,6-7H,1-2H3. The maximum atomic E-state index is 8.69. The molecule has 0 fully saturated rings. The lowest BCUT2D eigenvalue weighted by atomic mass is 10.4. The zero-order valence-corrected chi connectivity index (χ0v) is 6.18. The molecule has 0 aliphatic rings. The summed E-state index contributed by atoms with van der Waals surface area (Å²) in [6.07, 6.45) is -1.73. The molecule has 0 bridgehead atoms. The van der Waals surface area contributed by atoms with Crippen molar-refractivity contribution in [1.29, 1.82) is 0 Å². The molecule has 54 valence electrons. The molecule has 0 saturated carbocycles. The molecule has 0 saturated heterocycles. The molecule has 4 heteroatoms. The molecular formula is C5H10O3S. The summed E-state index contributed by atoms with van der Waals surface area (Å²) in [5.41, 5.74) is 0. The van der Waals surface area contributed by atoms with Gasteiger partial charge in [0, 0.05) is 0 Å². The smallest absolute Gasteiger partial charge is 0.195 e. The van der Waals surface area contributed by atoms with Crippen LogP contribution in [0.15, 0.2) is 0 Å². The van der Waals surface area contributed by atoms with Gasteiger partial charge in [0.1, 0.15) is 6.10 Å². The van der Waals surface area contributed by atoms with Crippen molar-refractivity contribution in [3.8, 4) is 0 Å². The summed E-state index contributed by atoms with van der Waals surface area (Å²) >= 11 is 4.52. The van der Waals surface area contributed by atoms with Gasteiger partial charge >= 0.3 is 0 Å². The van der Waals surface area contributed by atoms with Crippen molar-refractivity contribution in [1.82, 2.24) is 0 Å². The van der Waals surface area contributed by atoms with Crippen molar-refractivity contribution in [2.24, 2.45) is 0 Å². The number of hydrogen-bond donors (Lipinski definition) is 2. The van der Waals surface area contributed by atoms with Crippen LogP contribution in [-0.4, -0.2) is 27.7 Å². The number of hydrogen-bond acceptors (Lipinski definition) is 4. The van der Waals surface area contributed by atoms with E-state index in [0.717, 1.165) is 0 Å². The molecular weight excluding hydrogens is 140 g/mol. The Bertz CT molecular complexity index is 100. The molecule has 0 aromatic rings. The van der Waals surface area contributed by atoms with Crippen molar-refractivity contribution in [3.63, 3.8) is 0 Å². The van der Waals surface area contributed by atoms with Crippen molar-refractivity contribution in [2.75, 3.05) is 0 Å². The van der Waals surface area contributed by atoms with E-state index < -0.39 is 12.4 Å². The second-order valence-corrected chi connectivity index (χ2v) is 2.11. The number of aliphatic hydroxyl groups excluding tert-OH is 2. The fourth-order valence-corrected chi connectivity index (χ4v) is 0.406. The highest BCUT2D eigenvalue weighted by Crippen LogP contribution is 1.93. The molecule has 0 radical (unpaired) electrons. The van der Waals surface area contributed by atoms with Gasteiger partial charge < -0.3 is 14.9 Å². The average Bonchev–Trinajstić information content (AvgIpc) is 1.63. The molecule has 9 heavy (non-hydrogen) atoms. The van der Waals surface area contributed by atoms with E-state index in [1.54, 1.807) is 0 Å². The maximum absolute atomic E-state index is 8.69. The van der Waals surface area contributed by atoms with Crippen LogP contribution in [0.25, 0.3) is 0 Å². The van der Waals surface area contributed by atoms with Gasteiger partial charge in [-0.2, -0.15) is 0 Å². The minimum absolute atomic E-state index is 0.0185. The van der Waals surface area contributed by atoms with Gasteiger partial charge in [-0.3, -0.25) is 0 Å². The summed E-state index contributed by atoms with van der Waals surface area (Å²) in [6, 6.07) is 0. The van der Waals surface area contributed by atoms with E-state index in [0.29, 0.717) is 0 Å². The summed E-state index contributed by atoms with van der Waals surface area (Å²) in [6.45, 7) is 2.90. The van der Waals surface area contributed by atoms with Gasteiger partial charge in [0.15, 0.2) is 11.3 Å². The molecule has 0 rings (SSSR count). The normalized spacial score (nSPS) is 16.4. The van der Waals surface area contributed by atoms with Crippen LogP contribution in [0, 0.1) is 0 Å². The van der Waals surface area contributed by atoms with Crippen LogP contribution in [0.3, 0.4) is 0 Å². The highest BCUT2D eigenvalue weighted by atomic mass is 32.1. The predicted molar refractivity (Wildman–Crippen MR) is 37.0 cm³/mol. The lowest BCUT2D eigenvalue weighted by Crippen LogP contribution is -2.21. The quantitative estimate of drug-likeness (QED) is 0.431. The molecule has 0 aromatic heterocycles. The van der Waals surface area contributed by atoms with Gasteiger partial charge in [-0.15, -0.1) is 0 Å². The number of thiocarbonyl (C=S) groups is 1. The largest absolute Gasteiger partial charge is 0.456 e. The minimum Gasteiger partial charge on any atom is -0.456 e. The van der Waals surface area contributed by atoms with Crippen LogP contribution in [0.4, 0.5) is 0 Å². The van der Waals surface area contributed by atoms with E-state index >= 15 is 0 Å². The Labute approximate surface area is 59.3 Å². The van der Waals surface area contributed by atoms with Gasteiger partial charge in [0.25, 0.3) is 0 Å². The molecule has 2 unspecified atom stereocenters. The van der Waals surface area contributed by atoms with Crippen molar-refractivity contribution in [3.05, 3.63) is 0 Å². The van der Waals surface area contributed by atoms with E-state index in [9.17, 15) is 0 Å². The average molecular weight is 150 g/mol. The lowest BCUT2D eigenvalue weighted by molar-refractivity contribution is -0.0169. The third-order valence-electron chi connectivity index (χ3n) is 0.628. The van der Waals surface area contributed by atoms with Crippen LogP contribution in [-0.2, 0) is 4.74 Å². The first-order valence-corrected chi connectivity index (χ1v) is 3.01. The Kier molecular flexibility index (Phi) is 3.68. The fraction of sp³-hybridized carbons (Fsp3) is 0.800. The van der Waals surface area contributed by atoms with Gasteiger partial charge in [-0.1, -0.05) is 0 Å². The van der Waals surface area contributed by atoms with Crippen LogP contribution in [0.5, 0.6) is 0 Å². The topological polar surface area (TPSA) is 49.7 Å². The van der Waals surface area contributed by atoms with E-state index in [1.807, 2.05) is 0 Å². The molecule has 0 aliphatic carbocycles. The van der Waals surface area contributed by atoms with E-state index in [4.69, 9.17) is 10.2 Å². The molecule has 2 N–H and O–H groups in total. The molecule has 0 spiro atoms. The monoisotopic (exact) mass is 150 g/mol. The van der Waals surface area contributed by atoms with E-state index in [-0.39, 0.29) is 5.05 Å². The van der Waals surface area contributed by atoms with Crippen LogP contribution >= 0.6 is 12.2 Å². The van der Waals surface area contributed by atoms with Gasteiger partial charge in [-0.05, 0) is 26.1 Å². The first-order chi connectivity index (χ1) is 4.04. The first kappa shape index (κ1) is 8.81. The van der Waals surface area contributed by atoms with Crippen LogP contribution < -0.4 is 0 Å². The van der Waals surface area contributed by atoms with E-state index in [1.165, 1.54) is 13.8 Å². The van der Waals surface area contributed by atoms with Gasteiger partial charge in [0.2, 0.25) is 0 Å². The zero-order chi connectivity index (χ0) is 7.44. The maximum Gasteiger partial charge on any atom is 0.195 e. The minimum atomic E-state index is -0.938. The van der Waals surface area contributed by atoms with Gasteiger partial charge in [-0.25, -0.2) is 0 Å². The van der Waals surface area contributed by atoms with Crippen LogP contribution in [0.2, 0.25) is 0 Å². The Balaban J connectivity index is 3.51. The molecule has 0 aliphatic heterocycles. The van der Waals surface area contributed by atoms with Crippen molar-refractivity contribution in [2.45, 2.75) is 26.2 Å². The third kappa shape index (κ3) is 4.32. The number of aliphatic hydroxyl groups is 2.